The van der Waals surface area contributed by atoms with E-state index in [9.17, 15) is 5.11 Å². The molecule has 3 heteroatoms. The summed E-state index contributed by atoms with van der Waals surface area (Å²) in [6.07, 6.45) is -0.324. The summed E-state index contributed by atoms with van der Waals surface area (Å²) in [7, 11) is 0. The molecule has 0 fully saturated rings. The Labute approximate surface area is 113 Å². The lowest BCUT2D eigenvalue weighted by Crippen LogP contribution is -2.33. The van der Waals surface area contributed by atoms with E-state index in [1.165, 1.54) is 21.9 Å². The standard InChI is InChI=1S/C16H20N2O/c1-11(19)9-18-10-15-13-5-3-2-4-12(13)6-7-14(15)16(18)8-17/h2-7,11,16,19H,8-10,17H2,1H3. The van der Waals surface area contributed by atoms with E-state index in [2.05, 4.69) is 41.3 Å². The second-order valence-electron chi connectivity index (χ2n) is 5.38. The molecule has 19 heavy (non-hydrogen) atoms. The van der Waals surface area contributed by atoms with Crippen LogP contribution in [-0.4, -0.2) is 29.2 Å². The predicted molar refractivity (Wildman–Crippen MR) is 77.8 cm³/mol. The highest BCUT2D eigenvalue weighted by molar-refractivity contribution is 5.87. The van der Waals surface area contributed by atoms with Gasteiger partial charge >= 0.3 is 0 Å². The molecule has 0 amide bonds. The van der Waals surface area contributed by atoms with E-state index < -0.39 is 0 Å². The molecule has 2 atom stereocenters. The molecule has 3 rings (SSSR count). The van der Waals surface area contributed by atoms with E-state index >= 15 is 0 Å². The molecule has 3 nitrogen and oxygen atoms in total. The van der Waals surface area contributed by atoms with Crippen molar-refractivity contribution in [2.24, 2.45) is 5.73 Å². The Morgan fingerprint density at radius 1 is 1.32 bits per heavy atom. The van der Waals surface area contributed by atoms with Crippen molar-refractivity contribution in [2.75, 3.05) is 13.1 Å². The zero-order valence-electron chi connectivity index (χ0n) is 11.2. The Balaban J connectivity index is 2.07. The predicted octanol–water partition coefficient (Wildman–Crippen LogP) is 2.04. The smallest absolute Gasteiger partial charge is 0.0639 e. The Hall–Kier alpha value is -1.42. The zero-order chi connectivity index (χ0) is 13.4. The van der Waals surface area contributed by atoms with Crippen molar-refractivity contribution in [2.45, 2.75) is 25.6 Å². The number of nitrogens with zero attached hydrogens (tertiary/aromatic N) is 1. The van der Waals surface area contributed by atoms with Crippen molar-refractivity contribution >= 4 is 10.8 Å². The van der Waals surface area contributed by atoms with Gasteiger partial charge in [0.05, 0.1) is 6.10 Å². The van der Waals surface area contributed by atoms with Gasteiger partial charge in [-0.2, -0.15) is 0 Å². The first-order chi connectivity index (χ1) is 9.20. The van der Waals surface area contributed by atoms with Gasteiger partial charge in [0.25, 0.3) is 0 Å². The Morgan fingerprint density at radius 2 is 2.11 bits per heavy atom. The number of benzene rings is 2. The molecule has 0 aromatic heterocycles. The number of fused-ring (bicyclic) bond motifs is 3. The third-order valence-electron chi connectivity index (χ3n) is 3.96. The molecule has 0 radical (unpaired) electrons. The highest BCUT2D eigenvalue weighted by Crippen LogP contribution is 2.37. The molecular formula is C16H20N2O. The van der Waals surface area contributed by atoms with Crippen LogP contribution in [0.25, 0.3) is 10.8 Å². The van der Waals surface area contributed by atoms with Crippen LogP contribution in [0.2, 0.25) is 0 Å². The Morgan fingerprint density at radius 3 is 2.84 bits per heavy atom. The largest absolute Gasteiger partial charge is 0.392 e. The van der Waals surface area contributed by atoms with Crippen molar-refractivity contribution in [1.82, 2.24) is 4.90 Å². The maximum absolute atomic E-state index is 9.64. The summed E-state index contributed by atoms with van der Waals surface area (Å²) < 4.78 is 0. The molecule has 1 heterocycles. The summed E-state index contributed by atoms with van der Waals surface area (Å²) in [5, 5.41) is 12.2. The molecule has 2 unspecified atom stereocenters. The van der Waals surface area contributed by atoms with Crippen LogP contribution >= 0.6 is 0 Å². The second-order valence-corrected chi connectivity index (χ2v) is 5.38. The summed E-state index contributed by atoms with van der Waals surface area (Å²) in [4.78, 5) is 2.28. The molecule has 0 spiro atoms. The van der Waals surface area contributed by atoms with Crippen molar-refractivity contribution in [1.29, 1.82) is 0 Å². The van der Waals surface area contributed by atoms with Crippen LogP contribution < -0.4 is 5.73 Å². The maximum Gasteiger partial charge on any atom is 0.0639 e. The van der Waals surface area contributed by atoms with Gasteiger partial charge in [0, 0.05) is 25.7 Å². The average Bonchev–Trinajstić information content (AvgIpc) is 2.75. The van der Waals surface area contributed by atoms with Crippen LogP contribution in [0.15, 0.2) is 36.4 Å². The van der Waals surface area contributed by atoms with Gasteiger partial charge in [-0.15, -0.1) is 0 Å². The van der Waals surface area contributed by atoms with Crippen LogP contribution in [0, 0.1) is 0 Å². The molecule has 3 N–H and O–H groups in total. The molecule has 100 valence electrons. The van der Waals surface area contributed by atoms with Crippen LogP contribution in [0.4, 0.5) is 0 Å². The summed E-state index contributed by atoms with van der Waals surface area (Å²) in [6, 6.07) is 13.1. The fourth-order valence-corrected chi connectivity index (χ4v) is 3.16. The number of rotatable bonds is 3. The van der Waals surface area contributed by atoms with E-state index in [1.54, 1.807) is 0 Å². The normalized spacial score (nSPS) is 20.7. The van der Waals surface area contributed by atoms with Crippen molar-refractivity contribution in [3.05, 3.63) is 47.5 Å². The topological polar surface area (TPSA) is 49.5 Å². The highest BCUT2D eigenvalue weighted by Gasteiger charge is 2.30. The maximum atomic E-state index is 9.64. The van der Waals surface area contributed by atoms with E-state index in [0.717, 1.165) is 6.54 Å². The SMILES string of the molecule is CC(O)CN1Cc2c(ccc3ccccc23)C1CN. The van der Waals surface area contributed by atoms with Gasteiger partial charge in [0.15, 0.2) is 0 Å². The van der Waals surface area contributed by atoms with Gasteiger partial charge in [-0.3, -0.25) is 4.90 Å². The van der Waals surface area contributed by atoms with Gasteiger partial charge in [-0.05, 0) is 28.8 Å². The second kappa shape index (κ2) is 4.93. The number of β-amino-alcohol motifs (C(OH)–C–C–N with tert-alkyl or cyclic N) is 1. The van der Waals surface area contributed by atoms with Gasteiger partial charge < -0.3 is 10.8 Å². The Kier molecular flexibility index (Phi) is 3.27. The third-order valence-corrected chi connectivity index (χ3v) is 3.96. The van der Waals surface area contributed by atoms with Gasteiger partial charge in [-0.1, -0.05) is 36.4 Å². The summed E-state index contributed by atoms with van der Waals surface area (Å²) in [5.74, 6) is 0. The van der Waals surface area contributed by atoms with Gasteiger partial charge in [-0.25, -0.2) is 0 Å². The lowest BCUT2D eigenvalue weighted by Gasteiger charge is -2.24. The minimum Gasteiger partial charge on any atom is -0.392 e. The average molecular weight is 256 g/mol. The van der Waals surface area contributed by atoms with E-state index in [1.807, 2.05) is 6.92 Å². The summed E-state index contributed by atoms with van der Waals surface area (Å²) in [5.41, 5.74) is 8.63. The van der Waals surface area contributed by atoms with Gasteiger partial charge in [0.2, 0.25) is 0 Å². The molecule has 1 aliphatic rings. The molecule has 0 saturated carbocycles. The summed E-state index contributed by atoms with van der Waals surface area (Å²) >= 11 is 0. The molecule has 2 aromatic rings. The van der Waals surface area contributed by atoms with Gasteiger partial charge in [0.1, 0.15) is 0 Å². The van der Waals surface area contributed by atoms with E-state index in [4.69, 9.17) is 5.73 Å². The first-order valence-electron chi connectivity index (χ1n) is 6.83. The number of aliphatic hydroxyl groups is 1. The molecular weight excluding hydrogens is 236 g/mol. The minimum atomic E-state index is -0.324. The first-order valence-corrected chi connectivity index (χ1v) is 6.83. The molecule has 2 aromatic carbocycles. The van der Waals surface area contributed by atoms with Crippen LogP contribution in [0.1, 0.15) is 24.1 Å². The molecule has 0 aliphatic carbocycles. The third kappa shape index (κ3) is 2.14. The lowest BCUT2D eigenvalue weighted by atomic mass is 9.98. The quantitative estimate of drug-likeness (QED) is 0.883. The number of hydrogen-bond donors (Lipinski definition) is 2. The van der Waals surface area contributed by atoms with E-state index in [0.29, 0.717) is 13.1 Å². The number of hydrogen-bond acceptors (Lipinski definition) is 3. The molecule has 0 bridgehead atoms. The van der Waals surface area contributed by atoms with Crippen LogP contribution in [0.5, 0.6) is 0 Å². The Bertz CT molecular complexity index is 594. The number of nitrogens with two attached hydrogens (primary N) is 1. The number of aliphatic hydroxyl groups excluding tert-OH is 1. The molecule has 1 aliphatic heterocycles. The van der Waals surface area contributed by atoms with E-state index in [-0.39, 0.29) is 12.1 Å². The minimum absolute atomic E-state index is 0.231. The first kappa shape index (κ1) is 12.6. The monoisotopic (exact) mass is 256 g/mol. The fourth-order valence-electron chi connectivity index (χ4n) is 3.16. The molecule has 0 saturated heterocycles. The highest BCUT2D eigenvalue weighted by atomic mass is 16.3. The summed E-state index contributed by atoms with van der Waals surface area (Å²) in [6.45, 7) is 3.97. The zero-order valence-corrected chi connectivity index (χ0v) is 11.2. The van der Waals surface area contributed by atoms with Crippen molar-refractivity contribution in [3.63, 3.8) is 0 Å². The fraction of sp³-hybridized carbons (Fsp3) is 0.375. The van der Waals surface area contributed by atoms with Crippen LogP contribution in [-0.2, 0) is 6.54 Å². The van der Waals surface area contributed by atoms with Crippen molar-refractivity contribution in [3.8, 4) is 0 Å². The van der Waals surface area contributed by atoms with Crippen LogP contribution in [0.3, 0.4) is 0 Å². The van der Waals surface area contributed by atoms with Crippen molar-refractivity contribution < 1.29 is 5.11 Å². The lowest BCUT2D eigenvalue weighted by molar-refractivity contribution is 0.106.